The minimum Gasteiger partial charge on any atom is -0.506 e. The minimum atomic E-state index is -0.476. The number of aryl methyl sites for hydroxylation is 1. The molecule has 5 rings (SSSR count). The van der Waals surface area contributed by atoms with Gasteiger partial charge in [-0.3, -0.25) is 9.59 Å². The number of aromatic amines is 1. The van der Waals surface area contributed by atoms with Crippen LogP contribution in [0, 0.1) is 6.92 Å². The third-order valence-electron chi connectivity index (χ3n) is 5.73. The second-order valence-corrected chi connectivity index (χ2v) is 7.76. The summed E-state index contributed by atoms with van der Waals surface area (Å²) in [5.41, 5.74) is 6.22. The molecule has 1 amide bonds. The normalized spacial score (nSPS) is 17.4. The lowest BCUT2D eigenvalue weighted by atomic mass is 9.97. The highest BCUT2D eigenvalue weighted by Gasteiger charge is 2.37. The third-order valence-corrected chi connectivity index (χ3v) is 5.73. The Bertz CT molecular complexity index is 1410. The van der Waals surface area contributed by atoms with Crippen molar-refractivity contribution in [2.24, 2.45) is 0 Å². The highest BCUT2D eigenvalue weighted by Crippen LogP contribution is 2.35. The lowest BCUT2D eigenvalue weighted by Gasteiger charge is -2.17. The molecule has 1 aliphatic heterocycles. The molecule has 1 aliphatic rings. The number of rotatable bonds is 3. The summed E-state index contributed by atoms with van der Waals surface area (Å²) >= 11 is 0. The molecule has 0 aliphatic carbocycles. The fourth-order valence-corrected chi connectivity index (χ4v) is 4.08. The Morgan fingerprint density at radius 1 is 0.906 bits per heavy atom. The fourth-order valence-electron chi connectivity index (χ4n) is 4.08. The van der Waals surface area contributed by atoms with E-state index in [2.05, 4.69) is 10.4 Å². The number of pyridine rings is 1. The van der Waals surface area contributed by atoms with Gasteiger partial charge in [-0.15, -0.1) is 0 Å². The van der Waals surface area contributed by atoms with Crippen molar-refractivity contribution < 1.29 is 9.90 Å². The minimum absolute atomic E-state index is 0.0593. The van der Waals surface area contributed by atoms with Crippen LogP contribution >= 0.6 is 0 Å². The summed E-state index contributed by atoms with van der Waals surface area (Å²) in [5, 5.41) is 12.9. The molecule has 0 unspecified atom stereocenters. The molecule has 2 heterocycles. The molecule has 0 spiro atoms. The lowest BCUT2D eigenvalue weighted by molar-refractivity contribution is -0.114. The molecule has 1 aromatic heterocycles. The van der Waals surface area contributed by atoms with Crippen LogP contribution in [0.15, 0.2) is 89.2 Å². The van der Waals surface area contributed by atoms with Crippen LogP contribution in [0.3, 0.4) is 0 Å². The van der Waals surface area contributed by atoms with Gasteiger partial charge in [0.2, 0.25) is 0 Å². The summed E-state index contributed by atoms with van der Waals surface area (Å²) in [5.74, 6) is -0.425. The number of anilines is 1. The van der Waals surface area contributed by atoms with Gasteiger partial charge in [-0.1, -0.05) is 60.7 Å². The van der Waals surface area contributed by atoms with E-state index >= 15 is 0 Å². The largest absolute Gasteiger partial charge is 0.506 e. The maximum absolute atomic E-state index is 13.4. The van der Waals surface area contributed by atoms with E-state index in [4.69, 9.17) is 0 Å². The second kappa shape index (κ2) is 7.83. The van der Waals surface area contributed by atoms with Crippen molar-refractivity contribution in [3.63, 3.8) is 0 Å². The number of benzene rings is 3. The van der Waals surface area contributed by atoms with Gasteiger partial charge in [-0.2, -0.15) is 0 Å². The van der Waals surface area contributed by atoms with Crippen LogP contribution < -0.4 is 16.0 Å². The third kappa shape index (κ3) is 3.27. The Labute approximate surface area is 184 Å². The van der Waals surface area contributed by atoms with E-state index < -0.39 is 11.6 Å². The Morgan fingerprint density at radius 2 is 1.59 bits per heavy atom. The zero-order valence-electron chi connectivity index (χ0n) is 17.4. The Hall–Kier alpha value is -4.16. The van der Waals surface area contributed by atoms with Crippen LogP contribution in [0.1, 0.15) is 22.7 Å². The molecule has 3 N–H and O–H groups in total. The van der Waals surface area contributed by atoms with Gasteiger partial charge in [-0.05, 0) is 42.3 Å². The van der Waals surface area contributed by atoms with E-state index in [0.717, 1.165) is 11.1 Å². The molecular weight excluding hydrogens is 402 g/mol. The van der Waals surface area contributed by atoms with Crippen molar-refractivity contribution in [1.29, 1.82) is 0 Å². The smallest absolute Gasteiger partial charge is 0.270 e. The molecule has 4 aromatic rings. The van der Waals surface area contributed by atoms with Gasteiger partial charge < -0.3 is 10.1 Å². The highest BCUT2D eigenvalue weighted by atomic mass is 16.3. The summed E-state index contributed by atoms with van der Waals surface area (Å²) in [6, 6.07) is 23.7. The van der Waals surface area contributed by atoms with Crippen LogP contribution in [0.4, 0.5) is 5.69 Å². The number of aromatic hydroxyl groups is 1. The first kappa shape index (κ1) is 19.8. The Kier molecular flexibility index (Phi) is 4.84. The number of nitrogens with one attached hydrogen (secondary N) is 2. The SMILES string of the molecule is Cc1cccc2c(O)c(/C=C3\C(=O)N(c4ccccc4)N[C@@H]3c3ccccc3)c(=O)[nH]c12. The first-order chi connectivity index (χ1) is 15.5. The number of nitrogens with zero attached hydrogens (tertiary/aromatic N) is 1. The predicted molar refractivity (Wildman–Crippen MR) is 125 cm³/mol. The highest BCUT2D eigenvalue weighted by molar-refractivity contribution is 6.11. The predicted octanol–water partition coefficient (Wildman–Crippen LogP) is 4.22. The van der Waals surface area contributed by atoms with E-state index in [1.54, 1.807) is 6.07 Å². The number of hydrogen-bond acceptors (Lipinski definition) is 4. The molecule has 0 bridgehead atoms. The van der Waals surface area contributed by atoms with Crippen molar-refractivity contribution in [1.82, 2.24) is 10.4 Å². The standard InChI is InChI=1S/C26H21N3O3/c1-16-9-8-14-19-22(16)27-25(31)21(24(19)30)15-20-23(17-10-4-2-5-11-17)28-29(26(20)32)18-12-6-3-7-13-18/h2-15,23,28H,1H3,(H2,27,30,31)/b20-15-/t23-/m1/s1. The number of amides is 1. The van der Waals surface area contributed by atoms with Gasteiger partial charge in [-0.25, -0.2) is 10.4 Å². The van der Waals surface area contributed by atoms with Crippen molar-refractivity contribution in [3.05, 3.63) is 111 Å². The van der Waals surface area contributed by atoms with Crippen LogP contribution in [0.2, 0.25) is 0 Å². The summed E-state index contributed by atoms with van der Waals surface area (Å²) < 4.78 is 0. The molecule has 6 nitrogen and oxygen atoms in total. The Morgan fingerprint density at radius 3 is 2.31 bits per heavy atom. The molecule has 1 fully saturated rings. The number of H-pyrrole nitrogens is 1. The summed E-state index contributed by atoms with van der Waals surface area (Å²) in [4.78, 5) is 29.2. The molecule has 3 aromatic carbocycles. The van der Waals surface area contributed by atoms with Gasteiger partial charge in [0.15, 0.2) is 0 Å². The molecule has 0 radical (unpaired) electrons. The number of hydrazine groups is 1. The van der Waals surface area contributed by atoms with Crippen molar-refractivity contribution in [3.8, 4) is 5.75 Å². The first-order valence-electron chi connectivity index (χ1n) is 10.3. The van der Waals surface area contributed by atoms with Gasteiger partial charge in [0.05, 0.1) is 22.8 Å². The van der Waals surface area contributed by atoms with Gasteiger partial charge in [0.25, 0.3) is 11.5 Å². The number of hydrogen-bond donors (Lipinski definition) is 3. The monoisotopic (exact) mass is 423 g/mol. The molecule has 0 saturated carbocycles. The van der Waals surface area contributed by atoms with E-state index in [9.17, 15) is 14.7 Å². The number of fused-ring (bicyclic) bond motifs is 1. The van der Waals surface area contributed by atoms with E-state index in [-0.39, 0.29) is 17.2 Å². The van der Waals surface area contributed by atoms with Gasteiger partial charge >= 0.3 is 0 Å². The molecular formula is C26H21N3O3. The molecule has 32 heavy (non-hydrogen) atoms. The zero-order chi connectivity index (χ0) is 22.2. The van der Waals surface area contributed by atoms with Crippen LogP contribution in [0.5, 0.6) is 5.75 Å². The first-order valence-corrected chi connectivity index (χ1v) is 10.3. The average molecular weight is 423 g/mol. The van der Waals surface area contributed by atoms with Crippen LogP contribution in [0.25, 0.3) is 17.0 Å². The topological polar surface area (TPSA) is 85.4 Å². The zero-order valence-corrected chi connectivity index (χ0v) is 17.4. The summed E-state index contributed by atoms with van der Waals surface area (Å²) in [6.07, 6.45) is 1.49. The molecule has 1 saturated heterocycles. The number of carbonyl (C=O) groups excluding carboxylic acids is 1. The number of aromatic nitrogens is 1. The van der Waals surface area contributed by atoms with E-state index in [0.29, 0.717) is 22.2 Å². The second-order valence-electron chi connectivity index (χ2n) is 7.76. The number of para-hydroxylation sites is 2. The Balaban J connectivity index is 1.69. The molecule has 1 atom stereocenters. The van der Waals surface area contributed by atoms with Crippen molar-refractivity contribution in [2.45, 2.75) is 13.0 Å². The van der Waals surface area contributed by atoms with Crippen LogP contribution in [-0.2, 0) is 4.79 Å². The maximum atomic E-state index is 13.4. The van der Waals surface area contributed by atoms with Crippen molar-refractivity contribution >= 4 is 28.6 Å². The molecule has 6 heteroatoms. The quantitative estimate of drug-likeness (QED) is 0.431. The maximum Gasteiger partial charge on any atom is 0.270 e. The van der Waals surface area contributed by atoms with Crippen LogP contribution in [-0.4, -0.2) is 16.0 Å². The van der Waals surface area contributed by atoms with E-state index in [1.165, 1.54) is 11.1 Å². The van der Waals surface area contributed by atoms with E-state index in [1.807, 2.05) is 79.7 Å². The van der Waals surface area contributed by atoms with Gasteiger partial charge in [0.1, 0.15) is 5.75 Å². The number of carbonyl (C=O) groups is 1. The summed E-state index contributed by atoms with van der Waals surface area (Å²) in [7, 11) is 0. The molecule has 158 valence electrons. The average Bonchev–Trinajstić information content (AvgIpc) is 3.14. The summed E-state index contributed by atoms with van der Waals surface area (Å²) in [6.45, 7) is 1.86. The van der Waals surface area contributed by atoms with Gasteiger partial charge in [0, 0.05) is 11.0 Å². The van der Waals surface area contributed by atoms with Crippen molar-refractivity contribution in [2.75, 3.05) is 5.01 Å². The lowest BCUT2D eigenvalue weighted by Crippen LogP contribution is -2.35. The fraction of sp³-hybridized carbons (Fsp3) is 0.0769.